The van der Waals surface area contributed by atoms with E-state index in [1.807, 2.05) is 6.92 Å². The van der Waals surface area contributed by atoms with E-state index in [0.717, 1.165) is 37.0 Å². The highest BCUT2D eigenvalue weighted by atomic mass is 16.6. The van der Waals surface area contributed by atoms with Gasteiger partial charge in [-0.1, -0.05) is 13.8 Å². The van der Waals surface area contributed by atoms with Crippen molar-refractivity contribution in [1.29, 1.82) is 0 Å². The second-order valence-corrected chi connectivity index (χ2v) is 9.13. The normalized spacial score (nSPS) is 43.3. The summed E-state index contributed by atoms with van der Waals surface area (Å²) in [6.45, 7) is 4.13. The van der Waals surface area contributed by atoms with Gasteiger partial charge in [-0.2, -0.15) is 0 Å². The van der Waals surface area contributed by atoms with E-state index in [1.54, 1.807) is 0 Å². The fraction of sp³-hybridized carbons (Fsp3) is 0.950. The molecule has 0 spiro atoms. The van der Waals surface area contributed by atoms with Gasteiger partial charge in [-0.3, -0.25) is 4.79 Å². The Morgan fingerprint density at radius 3 is 2.00 bits per heavy atom. The maximum atomic E-state index is 12.6. The maximum absolute atomic E-state index is 12.6. The smallest absolute Gasteiger partial charge is 0.309 e. The standard InChI is InChI=1S/C20H32O2/c1-3-14(2)18(21)22-20(6-4-5-7-20)19-11-15-8-16(12-19)10-17(9-15)13-19/h14-17H,3-13H2,1-2H3. The van der Waals surface area contributed by atoms with Crippen LogP contribution in [0.15, 0.2) is 0 Å². The third-order valence-electron chi connectivity index (χ3n) is 7.73. The largest absolute Gasteiger partial charge is 0.458 e. The molecule has 5 saturated carbocycles. The number of carbonyl (C=O) groups excluding carboxylic acids is 1. The first-order valence-corrected chi connectivity index (χ1v) is 9.79. The molecular formula is C20H32O2. The highest BCUT2D eigenvalue weighted by molar-refractivity contribution is 5.72. The van der Waals surface area contributed by atoms with Crippen molar-refractivity contribution in [2.75, 3.05) is 0 Å². The lowest BCUT2D eigenvalue weighted by Crippen LogP contribution is -2.59. The predicted octanol–water partition coefficient (Wildman–Crippen LogP) is 5.10. The zero-order valence-corrected chi connectivity index (χ0v) is 14.4. The minimum atomic E-state index is -0.0937. The molecule has 0 radical (unpaired) electrons. The van der Waals surface area contributed by atoms with Crippen molar-refractivity contribution in [3.8, 4) is 0 Å². The molecule has 5 aliphatic rings. The van der Waals surface area contributed by atoms with Gasteiger partial charge in [0.2, 0.25) is 0 Å². The number of ether oxygens (including phenoxy) is 1. The van der Waals surface area contributed by atoms with Gasteiger partial charge in [0, 0.05) is 5.41 Å². The number of esters is 1. The second kappa shape index (κ2) is 5.24. The molecule has 0 N–H and O–H groups in total. The lowest BCUT2D eigenvalue weighted by Gasteiger charge is -2.62. The van der Waals surface area contributed by atoms with E-state index >= 15 is 0 Å². The SMILES string of the molecule is CCC(C)C(=O)OC1(C23CC4CC(CC(C4)C2)C3)CCCC1. The highest BCUT2D eigenvalue weighted by Gasteiger charge is 2.62. The summed E-state index contributed by atoms with van der Waals surface area (Å²) < 4.78 is 6.40. The van der Waals surface area contributed by atoms with Crippen LogP contribution in [0.2, 0.25) is 0 Å². The van der Waals surface area contributed by atoms with E-state index in [4.69, 9.17) is 4.74 Å². The summed E-state index contributed by atoms with van der Waals surface area (Å²) >= 11 is 0. The minimum Gasteiger partial charge on any atom is -0.458 e. The zero-order valence-electron chi connectivity index (χ0n) is 14.4. The molecule has 5 rings (SSSR count). The molecule has 0 heterocycles. The van der Waals surface area contributed by atoms with Gasteiger partial charge >= 0.3 is 5.97 Å². The van der Waals surface area contributed by atoms with Gasteiger partial charge in [0.1, 0.15) is 5.60 Å². The summed E-state index contributed by atoms with van der Waals surface area (Å²) in [6, 6.07) is 0. The first kappa shape index (κ1) is 15.0. The topological polar surface area (TPSA) is 26.3 Å². The van der Waals surface area contributed by atoms with E-state index in [2.05, 4.69) is 6.92 Å². The van der Waals surface area contributed by atoms with Crippen molar-refractivity contribution in [1.82, 2.24) is 0 Å². The first-order chi connectivity index (χ1) is 10.6. The van der Waals surface area contributed by atoms with Gasteiger partial charge in [-0.15, -0.1) is 0 Å². The predicted molar refractivity (Wildman–Crippen MR) is 87.4 cm³/mol. The molecule has 4 bridgehead atoms. The number of rotatable bonds is 4. The molecule has 124 valence electrons. The molecule has 22 heavy (non-hydrogen) atoms. The fourth-order valence-corrected chi connectivity index (χ4v) is 6.82. The summed E-state index contributed by atoms with van der Waals surface area (Å²) in [5, 5.41) is 0. The lowest BCUT2D eigenvalue weighted by atomic mass is 9.45. The van der Waals surface area contributed by atoms with Crippen LogP contribution in [0.25, 0.3) is 0 Å². The van der Waals surface area contributed by atoms with Crippen LogP contribution in [-0.2, 0) is 9.53 Å². The summed E-state index contributed by atoms with van der Waals surface area (Å²) in [4.78, 5) is 12.6. The van der Waals surface area contributed by atoms with Crippen molar-refractivity contribution in [3.63, 3.8) is 0 Å². The molecule has 0 saturated heterocycles. The molecule has 2 heteroatoms. The summed E-state index contributed by atoms with van der Waals surface area (Å²) in [5.41, 5.74) is 0.255. The Bertz CT molecular complexity index is 411. The van der Waals surface area contributed by atoms with E-state index in [9.17, 15) is 4.79 Å². The Labute approximate surface area is 135 Å². The van der Waals surface area contributed by atoms with Crippen molar-refractivity contribution in [3.05, 3.63) is 0 Å². The Morgan fingerprint density at radius 1 is 1.05 bits per heavy atom. The molecule has 1 atom stereocenters. The van der Waals surface area contributed by atoms with Gasteiger partial charge in [0.05, 0.1) is 5.92 Å². The van der Waals surface area contributed by atoms with Crippen LogP contribution < -0.4 is 0 Å². The molecule has 5 fully saturated rings. The van der Waals surface area contributed by atoms with E-state index in [1.165, 1.54) is 51.4 Å². The van der Waals surface area contributed by atoms with Gasteiger partial charge in [-0.25, -0.2) is 0 Å². The highest BCUT2D eigenvalue weighted by Crippen LogP contribution is 2.67. The van der Waals surface area contributed by atoms with Crippen molar-refractivity contribution >= 4 is 5.97 Å². The summed E-state index contributed by atoms with van der Waals surface area (Å²) in [5.74, 6) is 2.95. The molecular weight excluding hydrogens is 272 g/mol. The zero-order chi connectivity index (χ0) is 15.4. The van der Waals surface area contributed by atoms with Crippen LogP contribution in [0, 0.1) is 29.1 Å². The Balaban J connectivity index is 1.63. The van der Waals surface area contributed by atoms with Gasteiger partial charge in [0.25, 0.3) is 0 Å². The number of carbonyl (C=O) groups is 1. The van der Waals surface area contributed by atoms with Gasteiger partial charge in [-0.05, 0) is 88.4 Å². The monoisotopic (exact) mass is 304 g/mol. The molecule has 0 aromatic carbocycles. The van der Waals surface area contributed by atoms with Gasteiger partial charge in [0.15, 0.2) is 0 Å². The van der Waals surface area contributed by atoms with Crippen molar-refractivity contribution < 1.29 is 9.53 Å². The lowest BCUT2D eigenvalue weighted by molar-refractivity contribution is -0.210. The third kappa shape index (κ3) is 2.16. The first-order valence-electron chi connectivity index (χ1n) is 9.79. The maximum Gasteiger partial charge on any atom is 0.309 e. The van der Waals surface area contributed by atoms with Crippen LogP contribution in [0.4, 0.5) is 0 Å². The fourth-order valence-electron chi connectivity index (χ4n) is 6.82. The molecule has 2 nitrogen and oxygen atoms in total. The van der Waals surface area contributed by atoms with Crippen LogP contribution in [0.5, 0.6) is 0 Å². The van der Waals surface area contributed by atoms with Gasteiger partial charge < -0.3 is 4.74 Å². The van der Waals surface area contributed by atoms with Crippen LogP contribution in [0.3, 0.4) is 0 Å². The van der Waals surface area contributed by atoms with Crippen molar-refractivity contribution in [2.24, 2.45) is 29.1 Å². The molecule has 0 aliphatic heterocycles. The Morgan fingerprint density at radius 2 is 1.55 bits per heavy atom. The van der Waals surface area contributed by atoms with E-state index in [0.29, 0.717) is 5.41 Å². The molecule has 0 aromatic heterocycles. The van der Waals surface area contributed by atoms with E-state index in [-0.39, 0.29) is 17.5 Å². The van der Waals surface area contributed by atoms with Crippen LogP contribution >= 0.6 is 0 Å². The quantitative estimate of drug-likeness (QED) is 0.675. The third-order valence-corrected chi connectivity index (χ3v) is 7.73. The number of hydrogen-bond donors (Lipinski definition) is 0. The average molecular weight is 304 g/mol. The molecule has 5 aliphatic carbocycles. The minimum absolute atomic E-state index is 0.0615. The van der Waals surface area contributed by atoms with Crippen LogP contribution in [-0.4, -0.2) is 11.6 Å². The Kier molecular flexibility index (Phi) is 3.58. The van der Waals surface area contributed by atoms with Crippen molar-refractivity contribution in [2.45, 2.75) is 90.1 Å². The molecule has 0 aromatic rings. The molecule has 1 unspecified atom stereocenters. The second-order valence-electron chi connectivity index (χ2n) is 9.13. The van der Waals surface area contributed by atoms with Crippen LogP contribution in [0.1, 0.15) is 84.5 Å². The summed E-state index contributed by atoms with van der Waals surface area (Å²) in [6.07, 6.45) is 14.2. The summed E-state index contributed by atoms with van der Waals surface area (Å²) in [7, 11) is 0. The number of hydrogen-bond acceptors (Lipinski definition) is 2. The average Bonchev–Trinajstić information content (AvgIpc) is 2.95. The van der Waals surface area contributed by atoms with E-state index < -0.39 is 0 Å². The Hall–Kier alpha value is -0.530. The molecule has 0 amide bonds.